The molecule has 0 aromatic carbocycles. The number of aromatic carboxylic acids is 1. The molecule has 2 heterocycles. The van der Waals surface area contributed by atoms with E-state index in [2.05, 4.69) is 20.6 Å². The van der Waals surface area contributed by atoms with Crippen molar-refractivity contribution in [2.45, 2.75) is 20.0 Å². The van der Waals surface area contributed by atoms with Crippen molar-refractivity contribution < 1.29 is 14.7 Å². The molecule has 0 unspecified atom stereocenters. The molecule has 0 saturated carbocycles. The molecule has 0 bridgehead atoms. The van der Waals surface area contributed by atoms with Gasteiger partial charge in [-0.05, 0) is 19.1 Å². The van der Waals surface area contributed by atoms with E-state index in [9.17, 15) is 9.59 Å². The highest BCUT2D eigenvalue weighted by atomic mass is 16.4. The van der Waals surface area contributed by atoms with Crippen LogP contribution in [0.1, 0.15) is 21.9 Å². The first kappa shape index (κ1) is 13.7. The molecule has 2 rings (SSSR count). The summed E-state index contributed by atoms with van der Waals surface area (Å²) in [6.45, 7) is 2.08. The highest BCUT2D eigenvalue weighted by Gasteiger charge is 2.10. The molecule has 2 N–H and O–H groups in total. The first-order valence-corrected chi connectivity index (χ1v) is 5.87. The number of carboxylic acid groups (broad SMARTS) is 1. The molecule has 2 aromatic rings. The van der Waals surface area contributed by atoms with Gasteiger partial charge in [-0.2, -0.15) is 0 Å². The van der Waals surface area contributed by atoms with Crippen LogP contribution in [0.2, 0.25) is 0 Å². The van der Waals surface area contributed by atoms with Gasteiger partial charge in [0.05, 0.1) is 18.4 Å². The number of carbonyl (C=O) groups excluding carboxylic acids is 1. The van der Waals surface area contributed by atoms with Gasteiger partial charge < -0.3 is 10.4 Å². The minimum absolute atomic E-state index is 0.0912. The number of aromatic nitrogens is 4. The summed E-state index contributed by atoms with van der Waals surface area (Å²) < 4.78 is 1.17. The number of pyridine rings is 1. The van der Waals surface area contributed by atoms with Gasteiger partial charge in [0, 0.05) is 5.69 Å². The Hall–Kier alpha value is -2.77. The van der Waals surface area contributed by atoms with E-state index in [1.165, 1.54) is 10.9 Å². The van der Waals surface area contributed by atoms with Crippen molar-refractivity contribution in [2.75, 3.05) is 0 Å². The van der Waals surface area contributed by atoms with Crippen molar-refractivity contribution in [1.82, 2.24) is 25.3 Å². The van der Waals surface area contributed by atoms with E-state index in [0.29, 0.717) is 6.54 Å². The minimum Gasteiger partial charge on any atom is -0.476 e. The molecule has 0 fully saturated rings. The van der Waals surface area contributed by atoms with Crippen molar-refractivity contribution in [3.8, 4) is 0 Å². The number of nitrogens with one attached hydrogen (secondary N) is 1. The summed E-state index contributed by atoms with van der Waals surface area (Å²) in [4.78, 5) is 26.5. The second-order valence-electron chi connectivity index (χ2n) is 4.15. The third-order valence-corrected chi connectivity index (χ3v) is 2.48. The van der Waals surface area contributed by atoms with E-state index in [4.69, 9.17) is 5.11 Å². The zero-order valence-corrected chi connectivity index (χ0v) is 10.8. The fraction of sp³-hybridized carbons (Fsp3) is 0.250. The summed E-state index contributed by atoms with van der Waals surface area (Å²) in [5.41, 5.74) is 1.43. The van der Waals surface area contributed by atoms with E-state index in [1.807, 2.05) is 25.1 Å². The molecule has 20 heavy (non-hydrogen) atoms. The zero-order valence-electron chi connectivity index (χ0n) is 10.8. The summed E-state index contributed by atoms with van der Waals surface area (Å²) >= 11 is 0. The number of aryl methyl sites for hydroxylation is 1. The van der Waals surface area contributed by atoms with Gasteiger partial charge in [0.2, 0.25) is 5.91 Å². The summed E-state index contributed by atoms with van der Waals surface area (Å²) in [6.07, 6.45) is 1.20. The van der Waals surface area contributed by atoms with Crippen LogP contribution in [0.5, 0.6) is 0 Å². The van der Waals surface area contributed by atoms with Gasteiger partial charge in [-0.25, -0.2) is 9.48 Å². The average molecular weight is 275 g/mol. The highest BCUT2D eigenvalue weighted by Crippen LogP contribution is 1.98. The van der Waals surface area contributed by atoms with Crippen molar-refractivity contribution in [3.63, 3.8) is 0 Å². The maximum absolute atomic E-state index is 11.7. The van der Waals surface area contributed by atoms with Gasteiger partial charge >= 0.3 is 5.97 Å². The second kappa shape index (κ2) is 5.91. The lowest BCUT2D eigenvalue weighted by atomic mass is 10.3. The van der Waals surface area contributed by atoms with Gasteiger partial charge in [0.25, 0.3) is 0 Å². The SMILES string of the molecule is Cc1cccc(CNC(=O)Cn2cc(C(=O)O)nn2)n1. The predicted molar refractivity (Wildman–Crippen MR) is 67.8 cm³/mol. The lowest BCUT2D eigenvalue weighted by Gasteiger charge is -2.05. The predicted octanol–water partition coefficient (Wildman–Crippen LogP) is -0.00388. The maximum Gasteiger partial charge on any atom is 0.358 e. The molecule has 8 heteroatoms. The minimum atomic E-state index is -1.18. The number of carboxylic acids is 1. The van der Waals surface area contributed by atoms with Crippen LogP contribution in [0.3, 0.4) is 0 Å². The van der Waals surface area contributed by atoms with Crippen LogP contribution in [-0.2, 0) is 17.9 Å². The van der Waals surface area contributed by atoms with Crippen LogP contribution in [0.15, 0.2) is 24.4 Å². The maximum atomic E-state index is 11.7. The molecule has 0 aliphatic heterocycles. The number of rotatable bonds is 5. The van der Waals surface area contributed by atoms with E-state index < -0.39 is 5.97 Å². The molecule has 0 spiro atoms. The standard InChI is InChI=1S/C12H13N5O3/c1-8-3-2-4-9(14-8)5-13-11(18)7-17-6-10(12(19)20)15-16-17/h2-4,6H,5,7H2,1H3,(H,13,18)(H,19,20). The summed E-state index contributed by atoms with van der Waals surface area (Å²) in [5.74, 6) is -1.48. The number of nitrogens with zero attached hydrogens (tertiary/aromatic N) is 4. The average Bonchev–Trinajstić information content (AvgIpc) is 2.85. The Kier molecular flexibility index (Phi) is 4.04. The molecule has 104 valence electrons. The highest BCUT2D eigenvalue weighted by molar-refractivity contribution is 5.84. The topological polar surface area (TPSA) is 110 Å². The molecule has 0 aliphatic carbocycles. The monoisotopic (exact) mass is 275 g/mol. The molecule has 8 nitrogen and oxygen atoms in total. The van der Waals surface area contributed by atoms with Crippen molar-refractivity contribution in [2.24, 2.45) is 0 Å². The lowest BCUT2D eigenvalue weighted by Crippen LogP contribution is -2.27. The van der Waals surface area contributed by atoms with Crippen LogP contribution in [0, 0.1) is 6.92 Å². The Bertz CT molecular complexity index is 638. The van der Waals surface area contributed by atoms with Gasteiger partial charge in [0.1, 0.15) is 6.54 Å². The third-order valence-electron chi connectivity index (χ3n) is 2.48. The Morgan fingerprint density at radius 2 is 2.20 bits per heavy atom. The van der Waals surface area contributed by atoms with E-state index in [0.717, 1.165) is 11.4 Å². The molecule has 0 aliphatic rings. The molecule has 0 atom stereocenters. The van der Waals surface area contributed by atoms with Crippen molar-refractivity contribution in [1.29, 1.82) is 0 Å². The summed E-state index contributed by atoms with van der Waals surface area (Å²) in [5, 5.41) is 18.3. The fourth-order valence-electron chi connectivity index (χ4n) is 1.56. The number of hydrogen-bond acceptors (Lipinski definition) is 5. The Morgan fingerprint density at radius 3 is 2.85 bits per heavy atom. The van der Waals surface area contributed by atoms with Gasteiger partial charge in [-0.1, -0.05) is 11.3 Å². The summed E-state index contributed by atoms with van der Waals surface area (Å²) in [6, 6.07) is 5.54. The molecular weight excluding hydrogens is 262 g/mol. The van der Waals surface area contributed by atoms with Gasteiger partial charge in [0.15, 0.2) is 5.69 Å². The molecular formula is C12H13N5O3. The lowest BCUT2D eigenvalue weighted by molar-refractivity contribution is -0.122. The zero-order chi connectivity index (χ0) is 14.5. The van der Waals surface area contributed by atoms with Crippen LogP contribution in [-0.4, -0.2) is 37.0 Å². The Morgan fingerprint density at radius 1 is 1.40 bits per heavy atom. The first-order valence-electron chi connectivity index (χ1n) is 5.87. The van der Waals surface area contributed by atoms with Gasteiger partial charge in [-0.15, -0.1) is 5.10 Å². The van der Waals surface area contributed by atoms with Crippen LogP contribution >= 0.6 is 0 Å². The molecule has 0 saturated heterocycles. The van der Waals surface area contributed by atoms with E-state index in [1.54, 1.807) is 0 Å². The smallest absolute Gasteiger partial charge is 0.358 e. The normalized spacial score (nSPS) is 10.2. The quantitative estimate of drug-likeness (QED) is 0.794. The third kappa shape index (κ3) is 3.61. The summed E-state index contributed by atoms with van der Waals surface area (Å²) in [7, 11) is 0. The van der Waals surface area contributed by atoms with Gasteiger partial charge in [-0.3, -0.25) is 9.78 Å². The van der Waals surface area contributed by atoms with Crippen molar-refractivity contribution in [3.05, 3.63) is 41.5 Å². The second-order valence-corrected chi connectivity index (χ2v) is 4.15. The molecule has 0 radical (unpaired) electrons. The number of amides is 1. The Balaban J connectivity index is 1.87. The molecule has 1 amide bonds. The van der Waals surface area contributed by atoms with Crippen molar-refractivity contribution >= 4 is 11.9 Å². The van der Waals surface area contributed by atoms with Crippen LogP contribution in [0.25, 0.3) is 0 Å². The van der Waals surface area contributed by atoms with Crippen LogP contribution < -0.4 is 5.32 Å². The largest absolute Gasteiger partial charge is 0.476 e. The van der Waals surface area contributed by atoms with Crippen LogP contribution in [0.4, 0.5) is 0 Å². The Labute approximate surface area is 114 Å². The van der Waals surface area contributed by atoms with E-state index in [-0.39, 0.29) is 18.1 Å². The fourth-order valence-corrected chi connectivity index (χ4v) is 1.56. The number of hydrogen-bond donors (Lipinski definition) is 2. The van der Waals surface area contributed by atoms with E-state index >= 15 is 0 Å². The molecule has 2 aromatic heterocycles. The first-order chi connectivity index (χ1) is 9.54. The number of carbonyl (C=O) groups is 2.